The maximum Gasteiger partial charge on any atom is 0.0766 e. The van der Waals surface area contributed by atoms with Crippen molar-refractivity contribution in [1.82, 2.24) is 0 Å². The van der Waals surface area contributed by atoms with Gasteiger partial charge in [0.15, 0.2) is 0 Å². The number of hydrogen-bond acceptors (Lipinski definition) is 3. The Kier molecular flexibility index (Phi) is 3.30. The van der Waals surface area contributed by atoms with Crippen LogP contribution in [-0.2, 0) is 4.74 Å². The fourth-order valence-electron chi connectivity index (χ4n) is 3.68. The zero-order valence-electron chi connectivity index (χ0n) is 10.5. The van der Waals surface area contributed by atoms with E-state index in [1.807, 2.05) is 0 Å². The van der Waals surface area contributed by atoms with E-state index in [-0.39, 0.29) is 5.41 Å². The molecule has 2 rings (SSSR count). The Hall–Kier alpha value is -0.120. The summed E-state index contributed by atoms with van der Waals surface area (Å²) in [5.41, 5.74) is 5.14. The van der Waals surface area contributed by atoms with Crippen LogP contribution in [-0.4, -0.2) is 30.5 Å². The Morgan fingerprint density at radius 3 is 2.69 bits per heavy atom. The highest BCUT2D eigenvalue weighted by Gasteiger charge is 2.56. The summed E-state index contributed by atoms with van der Waals surface area (Å²) in [5.74, 6) is 0.911. The first-order valence-corrected chi connectivity index (χ1v) is 6.56. The highest BCUT2D eigenvalue weighted by Crippen LogP contribution is 2.51. The van der Waals surface area contributed by atoms with E-state index in [1.54, 1.807) is 0 Å². The third-order valence-electron chi connectivity index (χ3n) is 5.24. The zero-order valence-corrected chi connectivity index (χ0v) is 10.5. The molecule has 0 amide bonds. The first-order valence-electron chi connectivity index (χ1n) is 6.56. The Morgan fingerprint density at radius 1 is 1.38 bits per heavy atom. The van der Waals surface area contributed by atoms with Gasteiger partial charge in [0.05, 0.1) is 12.2 Å². The number of aliphatic hydroxyl groups is 1. The lowest BCUT2D eigenvalue weighted by Crippen LogP contribution is -2.59. The van der Waals surface area contributed by atoms with Gasteiger partial charge in [-0.05, 0) is 24.7 Å². The summed E-state index contributed by atoms with van der Waals surface area (Å²) in [7, 11) is 0. The molecule has 1 saturated carbocycles. The van der Waals surface area contributed by atoms with Gasteiger partial charge in [-0.2, -0.15) is 0 Å². The van der Waals surface area contributed by atoms with Crippen molar-refractivity contribution in [2.24, 2.45) is 23.0 Å². The van der Waals surface area contributed by atoms with Gasteiger partial charge in [0, 0.05) is 18.6 Å². The molecule has 1 aliphatic heterocycles. The molecule has 0 aromatic carbocycles. The predicted molar refractivity (Wildman–Crippen MR) is 64.1 cm³/mol. The van der Waals surface area contributed by atoms with E-state index in [1.165, 1.54) is 6.42 Å². The minimum Gasteiger partial charge on any atom is -0.389 e. The normalized spacial score (nSPS) is 49.5. The molecule has 94 valence electrons. The third-order valence-corrected chi connectivity index (χ3v) is 5.24. The molecule has 0 bridgehead atoms. The SMILES string of the molecule is CC1CCCC(O)(C2(CN)CCOC2)C1C. The molecule has 1 heterocycles. The van der Waals surface area contributed by atoms with Crippen LogP contribution < -0.4 is 5.73 Å². The van der Waals surface area contributed by atoms with Crippen LogP contribution in [0.25, 0.3) is 0 Å². The lowest BCUT2D eigenvalue weighted by atomic mass is 9.57. The molecule has 2 aliphatic rings. The topological polar surface area (TPSA) is 55.5 Å². The van der Waals surface area contributed by atoms with Gasteiger partial charge in [-0.3, -0.25) is 0 Å². The fraction of sp³-hybridized carbons (Fsp3) is 1.00. The molecule has 4 atom stereocenters. The lowest BCUT2D eigenvalue weighted by Gasteiger charge is -2.52. The van der Waals surface area contributed by atoms with E-state index in [0.717, 1.165) is 25.9 Å². The molecule has 4 unspecified atom stereocenters. The number of ether oxygens (including phenoxy) is 1. The van der Waals surface area contributed by atoms with Crippen LogP contribution in [0.4, 0.5) is 0 Å². The van der Waals surface area contributed by atoms with Crippen molar-refractivity contribution < 1.29 is 9.84 Å². The number of rotatable bonds is 2. The van der Waals surface area contributed by atoms with Gasteiger partial charge in [0.2, 0.25) is 0 Å². The molecule has 1 saturated heterocycles. The fourth-order valence-corrected chi connectivity index (χ4v) is 3.68. The monoisotopic (exact) mass is 227 g/mol. The molecule has 16 heavy (non-hydrogen) atoms. The smallest absolute Gasteiger partial charge is 0.0766 e. The van der Waals surface area contributed by atoms with Crippen LogP contribution in [0.5, 0.6) is 0 Å². The Labute approximate surface area is 98.4 Å². The molecule has 0 spiro atoms. The minimum absolute atomic E-state index is 0.193. The minimum atomic E-state index is -0.615. The third kappa shape index (κ3) is 1.60. The predicted octanol–water partition coefficient (Wildman–Crippen LogP) is 1.54. The highest BCUT2D eigenvalue weighted by atomic mass is 16.5. The largest absolute Gasteiger partial charge is 0.389 e. The first-order chi connectivity index (χ1) is 7.56. The van der Waals surface area contributed by atoms with Gasteiger partial charge >= 0.3 is 0 Å². The quantitative estimate of drug-likeness (QED) is 0.752. The van der Waals surface area contributed by atoms with E-state index in [4.69, 9.17) is 10.5 Å². The van der Waals surface area contributed by atoms with Gasteiger partial charge in [0.1, 0.15) is 0 Å². The first kappa shape index (κ1) is 12.3. The van der Waals surface area contributed by atoms with Crippen LogP contribution in [0, 0.1) is 17.3 Å². The van der Waals surface area contributed by atoms with E-state index in [0.29, 0.717) is 25.0 Å². The zero-order chi connectivity index (χ0) is 11.8. The van der Waals surface area contributed by atoms with Gasteiger partial charge in [-0.25, -0.2) is 0 Å². The van der Waals surface area contributed by atoms with Gasteiger partial charge in [0.25, 0.3) is 0 Å². The number of nitrogens with two attached hydrogens (primary N) is 1. The van der Waals surface area contributed by atoms with Crippen molar-refractivity contribution in [3.63, 3.8) is 0 Å². The van der Waals surface area contributed by atoms with E-state index in [9.17, 15) is 5.11 Å². The van der Waals surface area contributed by atoms with Crippen LogP contribution in [0.3, 0.4) is 0 Å². The summed E-state index contributed by atoms with van der Waals surface area (Å²) in [6.45, 7) is 6.35. The molecule has 3 N–H and O–H groups in total. The number of hydrogen-bond donors (Lipinski definition) is 2. The summed E-state index contributed by atoms with van der Waals surface area (Å²) < 4.78 is 5.51. The van der Waals surface area contributed by atoms with E-state index < -0.39 is 5.60 Å². The summed E-state index contributed by atoms with van der Waals surface area (Å²) in [5, 5.41) is 11.1. The molecule has 3 nitrogen and oxygen atoms in total. The van der Waals surface area contributed by atoms with E-state index in [2.05, 4.69) is 13.8 Å². The lowest BCUT2D eigenvalue weighted by molar-refractivity contribution is -0.153. The maximum absolute atomic E-state index is 11.1. The highest BCUT2D eigenvalue weighted by molar-refractivity contribution is 5.06. The molecule has 3 heteroatoms. The van der Waals surface area contributed by atoms with Crippen LogP contribution in [0.2, 0.25) is 0 Å². The van der Waals surface area contributed by atoms with E-state index >= 15 is 0 Å². The molecular formula is C13H25NO2. The van der Waals surface area contributed by atoms with Crippen molar-refractivity contribution in [1.29, 1.82) is 0 Å². The second-order valence-corrected chi connectivity index (χ2v) is 5.87. The van der Waals surface area contributed by atoms with Crippen molar-refractivity contribution in [3.8, 4) is 0 Å². The molecule has 0 radical (unpaired) electrons. The maximum atomic E-state index is 11.1. The summed E-state index contributed by atoms with van der Waals surface area (Å²) >= 11 is 0. The van der Waals surface area contributed by atoms with Crippen molar-refractivity contribution in [2.75, 3.05) is 19.8 Å². The average molecular weight is 227 g/mol. The summed E-state index contributed by atoms with van der Waals surface area (Å²) in [4.78, 5) is 0. The van der Waals surface area contributed by atoms with Crippen molar-refractivity contribution in [3.05, 3.63) is 0 Å². The molecule has 0 aromatic heterocycles. The van der Waals surface area contributed by atoms with Crippen LogP contribution in [0.1, 0.15) is 39.5 Å². The Bertz CT molecular complexity index is 250. The van der Waals surface area contributed by atoms with Gasteiger partial charge < -0.3 is 15.6 Å². The second-order valence-electron chi connectivity index (χ2n) is 5.87. The molecular weight excluding hydrogens is 202 g/mol. The van der Waals surface area contributed by atoms with Crippen LogP contribution in [0.15, 0.2) is 0 Å². The van der Waals surface area contributed by atoms with Crippen LogP contribution >= 0.6 is 0 Å². The van der Waals surface area contributed by atoms with Crippen molar-refractivity contribution >= 4 is 0 Å². The Balaban J connectivity index is 2.27. The Morgan fingerprint density at radius 2 is 2.12 bits per heavy atom. The van der Waals surface area contributed by atoms with Gasteiger partial charge in [-0.15, -0.1) is 0 Å². The standard InChI is InChI=1S/C13H25NO2/c1-10-4-3-5-13(15,11(10)2)12(8-14)6-7-16-9-12/h10-11,15H,3-9,14H2,1-2H3. The summed E-state index contributed by atoms with van der Waals surface area (Å²) in [6, 6.07) is 0. The summed E-state index contributed by atoms with van der Waals surface area (Å²) in [6.07, 6.45) is 4.14. The molecule has 0 aromatic rings. The average Bonchev–Trinajstić information content (AvgIpc) is 2.76. The molecule has 1 aliphatic carbocycles. The van der Waals surface area contributed by atoms with Crippen molar-refractivity contribution in [2.45, 2.75) is 45.1 Å². The second kappa shape index (κ2) is 4.28. The molecule has 2 fully saturated rings. The van der Waals surface area contributed by atoms with Gasteiger partial charge in [-0.1, -0.05) is 26.7 Å².